The molecule has 0 N–H and O–H groups in total. The van der Waals surface area contributed by atoms with Crippen LogP contribution in [0, 0.1) is 0 Å². The molecule has 0 aliphatic carbocycles. The zero-order valence-corrected chi connectivity index (χ0v) is 54.6. The van der Waals surface area contributed by atoms with Crippen molar-refractivity contribution in [2.75, 3.05) is 13.2 Å². The summed E-state index contributed by atoms with van der Waals surface area (Å²) < 4.78 is 26.3. The SMILES string of the molecule is CCCCCCOc1ccc(-c2ccc(C(=O)Oc3c(-c4ccc(-c5ccc(CCC)cc5)cc4)cc4ccccc4c3-c3c(OC(=O)c4ccc(-c5ccc(OCCCCCC)cc5)cc4)c(-c4ccc(-c5ccc(CCC)cc5)cc4)cc4ccccc34)cc2)cc1. The number of esters is 2. The lowest BCUT2D eigenvalue weighted by atomic mass is 9.86. The Hall–Kier alpha value is -10.3. The number of rotatable bonds is 27. The standard InChI is InChI=1S/C88H82O6/c1-5-9-11-17-57-91-77-53-49-69(50-54-77)67-37-45-73(46-38-67)87(89)93-85-81(71-41-33-65(34-42-71)63-29-25-61(19-7-3)26-30-63)59-75-21-13-15-23-79(75)83(85)84-80-24-16-14-22-76(80)60-82(72-43-35-66(36-44-72)64-31-27-62(20-8-4)28-32-64)86(84)94-88(90)74-47-39-68(40-48-74)70-51-55-78(56-52-70)92-58-18-12-10-6-2/h13-16,21-56,59-60H,5-12,17-20,57-58H2,1-4H3. The molecule has 0 saturated heterocycles. The fourth-order valence-corrected chi connectivity index (χ4v) is 12.6. The van der Waals surface area contributed by atoms with Crippen LogP contribution >= 0.6 is 0 Å². The fraction of sp³-hybridized carbons (Fsp3) is 0.205. The first-order chi connectivity index (χ1) is 46.2. The predicted octanol–water partition coefficient (Wildman–Crippen LogP) is 23.9. The molecule has 12 aromatic rings. The van der Waals surface area contributed by atoms with E-state index in [1.165, 1.54) is 36.8 Å². The molecule has 0 spiro atoms. The molecule has 94 heavy (non-hydrogen) atoms. The summed E-state index contributed by atoms with van der Waals surface area (Å²) in [6.07, 6.45) is 13.4. The third-order valence-corrected chi connectivity index (χ3v) is 17.8. The van der Waals surface area contributed by atoms with Crippen molar-refractivity contribution in [2.45, 2.75) is 105 Å². The highest BCUT2D eigenvalue weighted by Gasteiger charge is 2.29. The number of hydrogen-bond donors (Lipinski definition) is 0. The summed E-state index contributed by atoms with van der Waals surface area (Å²) in [6.45, 7) is 10.2. The molecule has 470 valence electrons. The Balaban J connectivity index is 0.994. The third-order valence-electron chi connectivity index (χ3n) is 17.8. The van der Waals surface area contributed by atoms with E-state index >= 15 is 9.59 Å². The average Bonchev–Trinajstić information content (AvgIpc) is 0.737. The van der Waals surface area contributed by atoms with Crippen LogP contribution in [0.1, 0.15) is 124 Å². The van der Waals surface area contributed by atoms with Crippen LogP contribution in [0.25, 0.3) is 99.4 Å². The highest BCUT2D eigenvalue weighted by atomic mass is 16.5. The minimum absolute atomic E-state index is 0.327. The van der Waals surface area contributed by atoms with Gasteiger partial charge in [0.05, 0.1) is 24.3 Å². The number of aryl methyl sites for hydroxylation is 2. The van der Waals surface area contributed by atoms with E-state index < -0.39 is 11.9 Å². The van der Waals surface area contributed by atoms with Gasteiger partial charge in [0.25, 0.3) is 0 Å². The molecule has 0 aliphatic heterocycles. The summed E-state index contributed by atoms with van der Waals surface area (Å²) in [6, 6.07) is 86.5. The van der Waals surface area contributed by atoms with Gasteiger partial charge in [-0.3, -0.25) is 0 Å². The zero-order chi connectivity index (χ0) is 64.6. The van der Waals surface area contributed by atoms with Crippen molar-refractivity contribution in [3.05, 3.63) is 277 Å². The second kappa shape index (κ2) is 30.9. The number of hydrogen-bond acceptors (Lipinski definition) is 6. The lowest BCUT2D eigenvalue weighted by Gasteiger charge is -2.23. The number of fused-ring (bicyclic) bond motifs is 2. The Morgan fingerprint density at radius 1 is 0.298 bits per heavy atom. The van der Waals surface area contributed by atoms with Crippen molar-refractivity contribution < 1.29 is 28.5 Å². The van der Waals surface area contributed by atoms with Crippen molar-refractivity contribution >= 4 is 33.5 Å². The van der Waals surface area contributed by atoms with E-state index in [1.54, 1.807) is 0 Å². The van der Waals surface area contributed by atoms with Gasteiger partial charge in [0.1, 0.15) is 23.0 Å². The molecule has 0 aromatic heterocycles. The smallest absolute Gasteiger partial charge is 0.343 e. The maximum atomic E-state index is 15.4. The van der Waals surface area contributed by atoms with Crippen molar-refractivity contribution in [2.24, 2.45) is 0 Å². The van der Waals surface area contributed by atoms with Crippen LogP contribution in [0.3, 0.4) is 0 Å². The predicted molar refractivity (Wildman–Crippen MR) is 390 cm³/mol. The van der Waals surface area contributed by atoms with Gasteiger partial charge in [-0.05, 0) is 175 Å². The largest absolute Gasteiger partial charge is 0.494 e. The normalized spacial score (nSPS) is 11.2. The Bertz CT molecular complexity index is 4200. The molecule has 0 unspecified atom stereocenters. The summed E-state index contributed by atoms with van der Waals surface area (Å²) in [5, 5.41) is 3.42. The number of unbranched alkanes of at least 4 members (excludes halogenated alkanes) is 6. The monoisotopic (exact) mass is 1230 g/mol. The number of carbonyl (C=O) groups excluding carboxylic acids is 2. The van der Waals surface area contributed by atoms with Gasteiger partial charge in [-0.25, -0.2) is 9.59 Å². The van der Waals surface area contributed by atoms with Gasteiger partial charge in [0.2, 0.25) is 0 Å². The molecular formula is C88H82O6. The molecular weight excluding hydrogens is 1150 g/mol. The maximum absolute atomic E-state index is 15.4. The van der Waals surface area contributed by atoms with Crippen molar-refractivity contribution in [3.8, 4) is 101 Å². The van der Waals surface area contributed by atoms with Crippen LogP contribution in [0.2, 0.25) is 0 Å². The molecule has 0 aliphatic rings. The number of ether oxygens (including phenoxy) is 4. The minimum atomic E-state index is -0.540. The third kappa shape index (κ3) is 15.1. The van der Waals surface area contributed by atoms with E-state index in [1.807, 2.05) is 97.1 Å². The van der Waals surface area contributed by atoms with Crippen LogP contribution in [-0.4, -0.2) is 25.2 Å². The molecule has 12 rings (SSSR count). The first kappa shape index (κ1) is 63.8. The Morgan fingerprint density at radius 2 is 0.596 bits per heavy atom. The van der Waals surface area contributed by atoms with E-state index in [0.717, 1.165) is 140 Å². The minimum Gasteiger partial charge on any atom is -0.494 e. The molecule has 0 bridgehead atoms. The van der Waals surface area contributed by atoms with Gasteiger partial charge >= 0.3 is 11.9 Å². The first-order valence-corrected chi connectivity index (χ1v) is 33.9. The van der Waals surface area contributed by atoms with E-state index in [4.69, 9.17) is 18.9 Å². The second-order valence-corrected chi connectivity index (χ2v) is 24.5. The Kier molecular flexibility index (Phi) is 21.0. The van der Waals surface area contributed by atoms with Gasteiger partial charge in [0.15, 0.2) is 0 Å². The highest BCUT2D eigenvalue weighted by Crippen LogP contribution is 2.53. The highest BCUT2D eigenvalue weighted by molar-refractivity contribution is 6.16. The fourth-order valence-electron chi connectivity index (χ4n) is 12.6. The van der Waals surface area contributed by atoms with Crippen LogP contribution in [0.4, 0.5) is 0 Å². The molecule has 0 fully saturated rings. The molecule has 0 saturated carbocycles. The van der Waals surface area contributed by atoms with Gasteiger partial charge < -0.3 is 18.9 Å². The average molecular weight is 1240 g/mol. The van der Waals surface area contributed by atoms with Crippen LogP contribution in [-0.2, 0) is 12.8 Å². The lowest BCUT2D eigenvalue weighted by molar-refractivity contribution is 0.0724. The molecule has 6 nitrogen and oxygen atoms in total. The Morgan fingerprint density at radius 3 is 0.926 bits per heavy atom. The molecule has 0 amide bonds. The quantitative estimate of drug-likeness (QED) is 0.0290. The summed E-state index contributed by atoms with van der Waals surface area (Å²) in [7, 11) is 0. The Labute approximate surface area is 554 Å². The van der Waals surface area contributed by atoms with E-state index in [-0.39, 0.29) is 0 Å². The van der Waals surface area contributed by atoms with Crippen molar-refractivity contribution in [1.29, 1.82) is 0 Å². The topological polar surface area (TPSA) is 71.1 Å². The summed E-state index contributed by atoms with van der Waals surface area (Å²) in [4.78, 5) is 30.8. The molecule has 0 atom stereocenters. The summed E-state index contributed by atoms with van der Waals surface area (Å²) in [5.74, 6) is 1.24. The van der Waals surface area contributed by atoms with Crippen molar-refractivity contribution in [1.82, 2.24) is 0 Å². The summed E-state index contributed by atoms with van der Waals surface area (Å²) >= 11 is 0. The number of carbonyl (C=O) groups is 2. The molecule has 0 radical (unpaired) electrons. The van der Waals surface area contributed by atoms with Gasteiger partial charge in [-0.15, -0.1) is 0 Å². The van der Waals surface area contributed by atoms with Crippen LogP contribution in [0.15, 0.2) is 255 Å². The van der Waals surface area contributed by atoms with Crippen LogP contribution in [0.5, 0.6) is 23.0 Å². The molecule has 0 heterocycles. The molecule has 12 aromatic carbocycles. The van der Waals surface area contributed by atoms with E-state index in [2.05, 4.69) is 185 Å². The van der Waals surface area contributed by atoms with E-state index in [0.29, 0.717) is 58.1 Å². The molecule has 6 heteroatoms. The van der Waals surface area contributed by atoms with Crippen molar-refractivity contribution in [3.63, 3.8) is 0 Å². The second-order valence-electron chi connectivity index (χ2n) is 24.5. The lowest BCUT2D eigenvalue weighted by Crippen LogP contribution is -2.12. The van der Waals surface area contributed by atoms with Gasteiger partial charge in [-0.1, -0.05) is 273 Å². The first-order valence-electron chi connectivity index (χ1n) is 33.9. The zero-order valence-electron chi connectivity index (χ0n) is 54.6. The number of benzene rings is 12. The maximum Gasteiger partial charge on any atom is 0.343 e. The van der Waals surface area contributed by atoms with Gasteiger partial charge in [-0.2, -0.15) is 0 Å². The van der Waals surface area contributed by atoms with Gasteiger partial charge in [0, 0.05) is 22.3 Å². The summed E-state index contributed by atoms with van der Waals surface area (Å²) in [5.41, 5.74) is 15.9. The van der Waals surface area contributed by atoms with Crippen LogP contribution < -0.4 is 18.9 Å². The van der Waals surface area contributed by atoms with E-state index in [9.17, 15) is 0 Å².